The highest BCUT2D eigenvalue weighted by atomic mass is 32.1. The van der Waals surface area contributed by atoms with Crippen LogP contribution < -0.4 is 0 Å². The van der Waals surface area contributed by atoms with Crippen LogP contribution in [0.25, 0.3) is 10.5 Å². The second-order valence-corrected chi connectivity index (χ2v) is 5.94. The Bertz CT molecular complexity index is 597. The fourth-order valence-corrected chi connectivity index (χ4v) is 3.29. The molecule has 0 amide bonds. The topological polar surface area (TPSA) is 46.3 Å². The second kappa shape index (κ2) is 5.38. The fourth-order valence-electron chi connectivity index (χ4n) is 2.33. The van der Waals surface area contributed by atoms with Gasteiger partial charge in [-0.05, 0) is 31.9 Å². The van der Waals surface area contributed by atoms with E-state index >= 15 is 0 Å². The molecule has 1 aliphatic rings. The van der Waals surface area contributed by atoms with Crippen LogP contribution in [-0.2, 0) is 0 Å². The summed E-state index contributed by atoms with van der Waals surface area (Å²) < 4.78 is 1.84. The Balaban J connectivity index is 1.74. The summed E-state index contributed by atoms with van der Waals surface area (Å²) in [5.74, 6) is 0.860. The zero-order valence-electron chi connectivity index (χ0n) is 11.5. The smallest absolute Gasteiger partial charge is 0.234 e. The highest BCUT2D eigenvalue weighted by molar-refractivity contribution is 7.17. The van der Waals surface area contributed by atoms with Gasteiger partial charge in [-0.3, -0.25) is 4.90 Å². The maximum absolute atomic E-state index is 4.61. The van der Waals surface area contributed by atoms with Crippen molar-refractivity contribution >= 4 is 21.9 Å². The lowest BCUT2D eigenvalue weighted by Gasteiger charge is -2.25. The number of hydrogen-bond donors (Lipinski definition) is 0. The van der Waals surface area contributed by atoms with Crippen molar-refractivity contribution in [2.45, 2.75) is 33.1 Å². The van der Waals surface area contributed by atoms with Gasteiger partial charge >= 0.3 is 0 Å². The van der Waals surface area contributed by atoms with Crippen molar-refractivity contribution in [3.05, 3.63) is 16.9 Å². The number of unbranched alkanes of at least 4 members (excludes halogenated alkanes) is 1. The van der Waals surface area contributed by atoms with Crippen LogP contribution in [0.5, 0.6) is 0 Å². The summed E-state index contributed by atoms with van der Waals surface area (Å²) in [5.41, 5.74) is 1.36. The van der Waals surface area contributed by atoms with E-state index in [4.69, 9.17) is 0 Å². The Labute approximate surface area is 116 Å². The molecule has 3 heterocycles. The van der Waals surface area contributed by atoms with E-state index in [1.54, 1.807) is 11.3 Å². The summed E-state index contributed by atoms with van der Waals surface area (Å²) in [7, 11) is 0. The van der Waals surface area contributed by atoms with Gasteiger partial charge in [-0.15, -0.1) is 10.2 Å². The molecule has 0 saturated carbocycles. The average Bonchev–Trinajstić information content (AvgIpc) is 3.00. The molecule has 0 saturated heterocycles. The molecule has 0 unspecified atom stereocenters. The molecule has 19 heavy (non-hydrogen) atoms. The number of rotatable bonds is 4. The van der Waals surface area contributed by atoms with E-state index in [0.717, 1.165) is 35.3 Å². The van der Waals surface area contributed by atoms with Gasteiger partial charge in [-0.1, -0.05) is 30.8 Å². The maximum atomic E-state index is 4.61. The molecular weight excluding hydrogens is 258 g/mol. The molecule has 1 aliphatic heterocycles. The molecule has 0 aromatic carbocycles. The molecule has 2 aromatic heterocycles. The zero-order valence-corrected chi connectivity index (χ0v) is 12.3. The molecule has 102 valence electrons. The molecule has 5 nitrogen and oxygen atoms in total. The summed E-state index contributed by atoms with van der Waals surface area (Å²) in [4.78, 5) is 3.40. The SMILES string of the molecule is CCCCN1CC=C(c2nn3c(C)nnc3s2)CC1. The third-order valence-corrected chi connectivity index (χ3v) is 4.52. The summed E-state index contributed by atoms with van der Waals surface area (Å²) in [5, 5.41) is 13.8. The molecule has 0 spiro atoms. The minimum Gasteiger partial charge on any atom is -0.299 e. The van der Waals surface area contributed by atoms with Gasteiger partial charge in [0.15, 0.2) is 5.82 Å². The van der Waals surface area contributed by atoms with Gasteiger partial charge in [0.05, 0.1) is 0 Å². The Hall–Kier alpha value is -1.27. The number of fused-ring (bicyclic) bond motifs is 1. The van der Waals surface area contributed by atoms with Crippen LogP contribution in [0.3, 0.4) is 0 Å². The van der Waals surface area contributed by atoms with Crippen LogP contribution >= 0.6 is 11.3 Å². The van der Waals surface area contributed by atoms with Crippen LogP contribution in [0.1, 0.15) is 37.0 Å². The predicted octanol–water partition coefficient (Wildman–Crippen LogP) is 2.38. The molecular formula is C13H19N5S. The normalized spacial score (nSPS) is 17.1. The number of aromatic nitrogens is 4. The van der Waals surface area contributed by atoms with Crippen molar-refractivity contribution in [3.63, 3.8) is 0 Å². The van der Waals surface area contributed by atoms with E-state index < -0.39 is 0 Å². The van der Waals surface area contributed by atoms with E-state index in [9.17, 15) is 0 Å². The fraction of sp³-hybridized carbons (Fsp3) is 0.615. The highest BCUT2D eigenvalue weighted by Crippen LogP contribution is 2.26. The van der Waals surface area contributed by atoms with Gasteiger partial charge in [0.25, 0.3) is 0 Å². The van der Waals surface area contributed by atoms with Gasteiger partial charge in [-0.25, -0.2) is 0 Å². The number of nitrogens with zero attached hydrogens (tertiary/aromatic N) is 5. The first kappa shape index (κ1) is 12.7. The van der Waals surface area contributed by atoms with E-state index in [2.05, 4.69) is 33.2 Å². The van der Waals surface area contributed by atoms with Crippen molar-refractivity contribution in [2.24, 2.45) is 0 Å². The van der Waals surface area contributed by atoms with Crippen molar-refractivity contribution in [1.82, 2.24) is 24.7 Å². The number of aryl methyl sites for hydroxylation is 1. The van der Waals surface area contributed by atoms with Crippen molar-refractivity contribution < 1.29 is 0 Å². The Kier molecular flexibility index (Phi) is 3.61. The van der Waals surface area contributed by atoms with E-state index in [0.29, 0.717) is 0 Å². The lowest BCUT2D eigenvalue weighted by Crippen LogP contribution is -2.29. The van der Waals surface area contributed by atoms with Gasteiger partial charge in [0, 0.05) is 13.1 Å². The molecule has 0 fully saturated rings. The molecule has 6 heteroatoms. The molecule has 0 atom stereocenters. The van der Waals surface area contributed by atoms with E-state index in [1.165, 1.54) is 25.0 Å². The van der Waals surface area contributed by atoms with Gasteiger partial charge in [-0.2, -0.15) is 9.61 Å². The van der Waals surface area contributed by atoms with Crippen molar-refractivity contribution in [2.75, 3.05) is 19.6 Å². The second-order valence-electron chi connectivity index (χ2n) is 4.98. The zero-order chi connectivity index (χ0) is 13.2. The van der Waals surface area contributed by atoms with Crippen LogP contribution in [0, 0.1) is 6.92 Å². The first-order valence-electron chi connectivity index (χ1n) is 6.88. The molecule has 0 aliphatic carbocycles. The third-order valence-electron chi connectivity index (χ3n) is 3.54. The van der Waals surface area contributed by atoms with Crippen LogP contribution in [0.15, 0.2) is 6.08 Å². The van der Waals surface area contributed by atoms with Crippen molar-refractivity contribution in [1.29, 1.82) is 0 Å². The minimum absolute atomic E-state index is 0.860. The molecule has 0 bridgehead atoms. The first-order valence-corrected chi connectivity index (χ1v) is 7.70. The van der Waals surface area contributed by atoms with Crippen LogP contribution in [0.4, 0.5) is 0 Å². The van der Waals surface area contributed by atoms with Crippen LogP contribution in [0.2, 0.25) is 0 Å². The van der Waals surface area contributed by atoms with E-state index in [1.807, 2.05) is 11.4 Å². The average molecular weight is 277 g/mol. The molecule has 3 rings (SSSR count). The standard InChI is InChI=1S/C13H19N5S/c1-3-4-7-17-8-5-11(6-9-17)12-16-18-10(2)14-15-13(18)19-12/h5H,3-4,6-9H2,1-2H3. The van der Waals surface area contributed by atoms with Gasteiger partial charge < -0.3 is 0 Å². The van der Waals surface area contributed by atoms with Gasteiger partial charge in [0.2, 0.25) is 4.96 Å². The summed E-state index contributed by atoms with van der Waals surface area (Å²) in [6.07, 6.45) is 5.97. The Morgan fingerprint density at radius 3 is 2.95 bits per heavy atom. The summed E-state index contributed by atoms with van der Waals surface area (Å²) in [6.45, 7) is 7.59. The van der Waals surface area contributed by atoms with E-state index in [-0.39, 0.29) is 0 Å². The third kappa shape index (κ3) is 2.55. The molecule has 2 aromatic rings. The largest absolute Gasteiger partial charge is 0.299 e. The lowest BCUT2D eigenvalue weighted by molar-refractivity contribution is 0.297. The monoisotopic (exact) mass is 277 g/mol. The van der Waals surface area contributed by atoms with Gasteiger partial charge in [0.1, 0.15) is 5.01 Å². The Morgan fingerprint density at radius 2 is 2.26 bits per heavy atom. The molecule has 0 N–H and O–H groups in total. The summed E-state index contributed by atoms with van der Waals surface area (Å²) in [6, 6.07) is 0. The predicted molar refractivity (Wildman–Crippen MR) is 77.3 cm³/mol. The highest BCUT2D eigenvalue weighted by Gasteiger charge is 2.17. The quantitative estimate of drug-likeness (QED) is 0.861. The summed E-state index contributed by atoms with van der Waals surface area (Å²) >= 11 is 1.64. The van der Waals surface area contributed by atoms with Crippen molar-refractivity contribution in [3.8, 4) is 0 Å². The van der Waals surface area contributed by atoms with Crippen LogP contribution in [-0.4, -0.2) is 44.3 Å². The lowest BCUT2D eigenvalue weighted by atomic mass is 10.1. The first-order chi connectivity index (χ1) is 9.28. The molecule has 0 radical (unpaired) electrons. The Morgan fingerprint density at radius 1 is 1.37 bits per heavy atom. The maximum Gasteiger partial charge on any atom is 0.234 e. The number of hydrogen-bond acceptors (Lipinski definition) is 5. The minimum atomic E-state index is 0.860.